The van der Waals surface area contributed by atoms with E-state index < -0.39 is 11.6 Å². The zero-order valence-corrected chi connectivity index (χ0v) is 29.5. The maximum absolute atomic E-state index is 15.1. The van der Waals surface area contributed by atoms with E-state index in [0.29, 0.717) is 71.9 Å². The molecule has 0 saturated carbocycles. The molecule has 3 aromatic heterocycles. The van der Waals surface area contributed by atoms with Crippen LogP contribution in [0.4, 0.5) is 20.2 Å². The van der Waals surface area contributed by atoms with Gasteiger partial charge in [-0.3, -0.25) is 14.1 Å². The van der Waals surface area contributed by atoms with Crippen molar-refractivity contribution in [3.8, 4) is 28.6 Å². The molecule has 4 heterocycles. The van der Waals surface area contributed by atoms with Crippen LogP contribution in [0.3, 0.4) is 0 Å². The quantitative estimate of drug-likeness (QED) is 0.118. The number of hydrogen-bond donors (Lipinski definition) is 0. The number of aryl methyl sites for hydroxylation is 1. The van der Waals surface area contributed by atoms with Crippen molar-refractivity contribution in [3.63, 3.8) is 0 Å². The number of carbonyl (C=O) groups is 1. The van der Waals surface area contributed by atoms with Gasteiger partial charge in [-0.05, 0) is 87.2 Å². The van der Waals surface area contributed by atoms with Gasteiger partial charge in [0.1, 0.15) is 24.0 Å². The zero-order valence-electron chi connectivity index (χ0n) is 28.7. The monoisotopic (exact) mass is 709 g/mol. The molecule has 262 valence electrons. The first-order valence-electron chi connectivity index (χ1n) is 16.6. The number of aromatic nitrogens is 3. The van der Waals surface area contributed by atoms with Gasteiger partial charge >= 0.3 is 0 Å². The third-order valence-electron chi connectivity index (χ3n) is 7.93. The molecule has 0 N–H and O–H groups in total. The Labute approximate surface area is 300 Å². The average Bonchev–Trinajstić information content (AvgIpc) is 3.14. The second-order valence-electron chi connectivity index (χ2n) is 11.8. The molecule has 0 bridgehead atoms. The van der Waals surface area contributed by atoms with Crippen molar-refractivity contribution in [3.05, 3.63) is 120 Å². The van der Waals surface area contributed by atoms with E-state index in [4.69, 9.17) is 19.2 Å². The van der Waals surface area contributed by atoms with E-state index in [2.05, 4.69) is 16.5 Å². The van der Waals surface area contributed by atoms with Gasteiger partial charge in [-0.2, -0.15) is 0 Å². The molecule has 1 aliphatic heterocycles. The standard InChI is InChI=1S/C39H37F2N5O4S/c1-6-32-33(46(51-36-13-11-30(40)20-31(36)41)25(5)27-9-14-37(43-21-27)48-7-2)19-29(23-42-32)26-8-12-35-34(18-26)45(16-17-49-35)39(47)28-10-15-38(44-22-28)50-24(3)4/h8-15,18-24H,5-7,16-17H2,1-4H3. The van der Waals surface area contributed by atoms with Gasteiger partial charge < -0.3 is 19.1 Å². The smallest absolute Gasteiger partial charge is 0.260 e. The van der Waals surface area contributed by atoms with Crippen LogP contribution in [-0.4, -0.2) is 46.7 Å². The molecule has 0 spiro atoms. The lowest BCUT2D eigenvalue weighted by Crippen LogP contribution is -2.38. The van der Waals surface area contributed by atoms with E-state index in [1.165, 1.54) is 18.3 Å². The van der Waals surface area contributed by atoms with Gasteiger partial charge in [-0.15, -0.1) is 0 Å². The van der Waals surface area contributed by atoms with Gasteiger partial charge in [0.2, 0.25) is 11.8 Å². The van der Waals surface area contributed by atoms with Crippen molar-refractivity contribution >= 4 is 34.9 Å². The maximum Gasteiger partial charge on any atom is 0.260 e. The summed E-state index contributed by atoms with van der Waals surface area (Å²) in [6.45, 7) is 13.2. The van der Waals surface area contributed by atoms with E-state index in [-0.39, 0.29) is 16.9 Å². The van der Waals surface area contributed by atoms with Gasteiger partial charge in [0, 0.05) is 47.9 Å². The highest BCUT2D eigenvalue weighted by atomic mass is 32.2. The number of benzene rings is 2. The lowest BCUT2D eigenvalue weighted by atomic mass is 10.0. The Morgan fingerprint density at radius 3 is 2.39 bits per heavy atom. The first kappa shape index (κ1) is 35.3. The van der Waals surface area contributed by atoms with Crippen LogP contribution in [0.1, 0.15) is 49.3 Å². The molecule has 2 aromatic carbocycles. The molecule has 12 heteroatoms. The van der Waals surface area contributed by atoms with Gasteiger partial charge in [0.25, 0.3) is 5.91 Å². The highest BCUT2D eigenvalue weighted by molar-refractivity contribution is 8.01. The molecule has 9 nitrogen and oxygen atoms in total. The fourth-order valence-corrected chi connectivity index (χ4v) is 6.41. The van der Waals surface area contributed by atoms with Crippen molar-refractivity contribution in [2.24, 2.45) is 0 Å². The average molecular weight is 710 g/mol. The minimum absolute atomic E-state index is 0.0398. The molecule has 0 aliphatic carbocycles. The summed E-state index contributed by atoms with van der Waals surface area (Å²) in [5.41, 5.74) is 5.09. The molecular formula is C39H37F2N5O4S. The van der Waals surface area contributed by atoms with Crippen LogP contribution in [0.2, 0.25) is 0 Å². The van der Waals surface area contributed by atoms with Gasteiger partial charge in [0.05, 0.1) is 52.5 Å². The minimum atomic E-state index is -0.707. The Morgan fingerprint density at radius 2 is 1.71 bits per heavy atom. The molecule has 0 unspecified atom stereocenters. The number of hydrogen-bond acceptors (Lipinski definition) is 9. The highest BCUT2D eigenvalue weighted by Gasteiger charge is 2.27. The Balaban J connectivity index is 1.38. The predicted octanol–water partition coefficient (Wildman–Crippen LogP) is 8.79. The van der Waals surface area contributed by atoms with Crippen LogP contribution < -0.4 is 23.4 Å². The van der Waals surface area contributed by atoms with Crippen molar-refractivity contribution in [2.45, 2.75) is 45.1 Å². The number of pyridine rings is 3. The van der Waals surface area contributed by atoms with E-state index in [1.54, 1.807) is 39.8 Å². The minimum Gasteiger partial charge on any atom is -0.490 e. The molecular weight excluding hydrogens is 673 g/mol. The van der Waals surface area contributed by atoms with E-state index in [0.717, 1.165) is 34.8 Å². The van der Waals surface area contributed by atoms with Crippen LogP contribution in [-0.2, 0) is 6.42 Å². The summed E-state index contributed by atoms with van der Waals surface area (Å²) in [4.78, 5) is 29.1. The number of carbonyl (C=O) groups excluding carboxylic acids is 1. The Hall–Kier alpha value is -5.49. The van der Waals surface area contributed by atoms with E-state index >= 15 is 4.39 Å². The summed E-state index contributed by atoms with van der Waals surface area (Å²) < 4.78 is 47.9. The third-order valence-corrected chi connectivity index (χ3v) is 9.06. The number of rotatable bonds is 12. The third kappa shape index (κ3) is 7.96. The molecule has 0 fully saturated rings. The maximum atomic E-state index is 15.1. The number of ether oxygens (including phenoxy) is 3. The van der Waals surface area contributed by atoms with Crippen molar-refractivity contribution < 1.29 is 27.8 Å². The number of amides is 1. The molecule has 1 aliphatic rings. The summed E-state index contributed by atoms with van der Waals surface area (Å²) in [5.74, 6) is -0.113. The molecule has 0 saturated heterocycles. The summed E-state index contributed by atoms with van der Waals surface area (Å²) >= 11 is 1.06. The molecule has 51 heavy (non-hydrogen) atoms. The highest BCUT2D eigenvalue weighted by Crippen LogP contribution is 2.42. The SMILES string of the molecule is C=C(c1ccc(OCC)nc1)N(Sc1ccc(F)cc1F)c1cc(-c2ccc3c(c2)N(C(=O)c2ccc(OC(C)C)nc2)CCO3)cnc1CC. The number of anilines is 2. The fourth-order valence-electron chi connectivity index (χ4n) is 5.47. The summed E-state index contributed by atoms with van der Waals surface area (Å²) in [7, 11) is 0. The normalized spacial score (nSPS) is 12.3. The van der Waals surface area contributed by atoms with Crippen molar-refractivity contribution in [1.29, 1.82) is 0 Å². The largest absolute Gasteiger partial charge is 0.490 e. The Kier molecular flexibility index (Phi) is 10.8. The van der Waals surface area contributed by atoms with Crippen LogP contribution in [0.25, 0.3) is 16.8 Å². The van der Waals surface area contributed by atoms with E-state index in [9.17, 15) is 9.18 Å². The number of halogens is 2. The fraction of sp³-hybridized carbons (Fsp3) is 0.231. The van der Waals surface area contributed by atoms with Crippen LogP contribution in [0.5, 0.6) is 17.5 Å². The summed E-state index contributed by atoms with van der Waals surface area (Å²) in [6, 6.07) is 18.0. The molecule has 5 aromatic rings. The Bertz CT molecular complexity index is 2040. The first-order valence-corrected chi connectivity index (χ1v) is 17.3. The van der Waals surface area contributed by atoms with Gasteiger partial charge in [0.15, 0.2) is 0 Å². The lowest BCUT2D eigenvalue weighted by Gasteiger charge is -2.30. The number of nitrogens with zero attached hydrogens (tertiary/aromatic N) is 5. The van der Waals surface area contributed by atoms with Gasteiger partial charge in [-0.1, -0.05) is 19.6 Å². The zero-order chi connectivity index (χ0) is 36.1. The van der Waals surface area contributed by atoms with Crippen LogP contribution >= 0.6 is 11.9 Å². The Morgan fingerprint density at radius 1 is 0.941 bits per heavy atom. The first-order chi connectivity index (χ1) is 24.6. The second-order valence-corrected chi connectivity index (χ2v) is 12.8. The number of fused-ring (bicyclic) bond motifs is 1. The van der Waals surface area contributed by atoms with Crippen molar-refractivity contribution in [2.75, 3.05) is 29.0 Å². The molecule has 0 radical (unpaired) electrons. The predicted molar refractivity (Wildman–Crippen MR) is 195 cm³/mol. The van der Waals surface area contributed by atoms with Crippen molar-refractivity contribution in [1.82, 2.24) is 15.0 Å². The van der Waals surface area contributed by atoms with E-state index in [1.807, 2.05) is 58.0 Å². The topological polar surface area (TPSA) is 89.9 Å². The van der Waals surface area contributed by atoms with Crippen LogP contribution in [0, 0.1) is 11.6 Å². The molecule has 6 rings (SSSR count). The van der Waals surface area contributed by atoms with Crippen LogP contribution in [0.15, 0.2) is 96.8 Å². The summed E-state index contributed by atoms with van der Waals surface area (Å²) in [5, 5.41) is 0. The molecule has 1 amide bonds. The lowest BCUT2D eigenvalue weighted by molar-refractivity contribution is 0.0976. The molecule has 0 atom stereocenters. The summed E-state index contributed by atoms with van der Waals surface area (Å²) in [6.07, 6.45) is 5.44. The second kappa shape index (κ2) is 15.6. The van der Waals surface area contributed by atoms with Gasteiger partial charge in [-0.25, -0.2) is 18.7 Å².